The Labute approximate surface area is 116 Å². The molecule has 104 valence electrons. The number of rotatable bonds is 4. The zero-order valence-corrected chi connectivity index (χ0v) is 11.0. The summed E-state index contributed by atoms with van der Waals surface area (Å²) in [5.41, 5.74) is 7.50. The van der Waals surface area contributed by atoms with Gasteiger partial charge in [0.1, 0.15) is 18.2 Å². The molecule has 0 atom stereocenters. The molecule has 0 heterocycles. The maximum absolute atomic E-state index is 13.7. The number of hydrogen-bond donors (Lipinski definition) is 2. The Kier molecular flexibility index (Phi) is 4.20. The fourth-order valence-corrected chi connectivity index (χ4v) is 1.89. The highest BCUT2D eigenvalue weighted by Gasteiger charge is 2.14. The highest BCUT2D eigenvalue weighted by molar-refractivity contribution is 5.99. The summed E-state index contributed by atoms with van der Waals surface area (Å²) in [6.45, 7) is 2.25. The number of benzene rings is 2. The third kappa shape index (κ3) is 3.06. The first kappa shape index (κ1) is 13.9. The van der Waals surface area contributed by atoms with E-state index in [1.54, 1.807) is 6.07 Å². The van der Waals surface area contributed by atoms with Crippen LogP contribution in [0.25, 0.3) is 0 Å². The van der Waals surface area contributed by atoms with E-state index >= 15 is 0 Å². The largest absolute Gasteiger partial charge is 0.488 e. The van der Waals surface area contributed by atoms with Crippen molar-refractivity contribution in [3.63, 3.8) is 0 Å². The fourth-order valence-electron chi connectivity index (χ4n) is 1.89. The number of aryl methyl sites for hydroxylation is 1. The van der Waals surface area contributed by atoms with Gasteiger partial charge in [-0.15, -0.1) is 0 Å². The van der Waals surface area contributed by atoms with Crippen molar-refractivity contribution in [1.82, 2.24) is 0 Å². The molecule has 0 unspecified atom stereocenters. The molecule has 2 rings (SSSR count). The molecule has 0 aliphatic carbocycles. The van der Waals surface area contributed by atoms with Crippen molar-refractivity contribution in [2.75, 3.05) is 0 Å². The van der Waals surface area contributed by atoms with E-state index in [2.05, 4.69) is 5.16 Å². The SMILES string of the molecule is Cc1cccc(COc2cccc(F)c2/C(N)=N/O)c1. The number of ether oxygens (including phenoxy) is 1. The smallest absolute Gasteiger partial charge is 0.176 e. The molecule has 4 nitrogen and oxygen atoms in total. The summed E-state index contributed by atoms with van der Waals surface area (Å²) in [5.74, 6) is -0.675. The lowest BCUT2D eigenvalue weighted by Gasteiger charge is -2.11. The molecule has 20 heavy (non-hydrogen) atoms. The van der Waals surface area contributed by atoms with Gasteiger partial charge in [-0.2, -0.15) is 0 Å². The molecular weight excluding hydrogens is 259 g/mol. The number of oxime groups is 1. The Morgan fingerprint density at radius 1 is 1.30 bits per heavy atom. The standard InChI is InChI=1S/C15H15FN2O2/c1-10-4-2-5-11(8-10)9-20-13-7-3-6-12(16)14(13)15(17)18-19/h2-8,19H,9H2,1H3,(H2,17,18). The molecule has 5 heteroatoms. The number of nitrogens with two attached hydrogens (primary N) is 1. The van der Waals surface area contributed by atoms with Crippen LogP contribution in [0.2, 0.25) is 0 Å². The van der Waals surface area contributed by atoms with Gasteiger partial charge in [0, 0.05) is 0 Å². The normalized spacial score (nSPS) is 11.4. The van der Waals surface area contributed by atoms with E-state index in [9.17, 15) is 4.39 Å². The number of halogens is 1. The quantitative estimate of drug-likeness (QED) is 0.390. The third-order valence-electron chi connectivity index (χ3n) is 2.82. The Morgan fingerprint density at radius 3 is 2.75 bits per heavy atom. The zero-order chi connectivity index (χ0) is 14.5. The Hall–Kier alpha value is -2.56. The Bertz CT molecular complexity index is 642. The van der Waals surface area contributed by atoms with Crippen molar-refractivity contribution in [2.45, 2.75) is 13.5 Å². The maximum atomic E-state index is 13.7. The summed E-state index contributed by atoms with van der Waals surface area (Å²) < 4.78 is 19.3. The molecule has 0 saturated carbocycles. The van der Waals surface area contributed by atoms with Crippen molar-refractivity contribution < 1.29 is 14.3 Å². The van der Waals surface area contributed by atoms with E-state index in [1.807, 2.05) is 31.2 Å². The third-order valence-corrected chi connectivity index (χ3v) is 2.82. The van der Waals surface area contributed by atoms with E-state index < -0.39 is 5.82 Å². The molecule has 0 spiro atoms. The Morgan fingerprint density at radius 2 is 2.05 bits per heavy atom. The van der Waals surface area contributed by atoms with Crippen molar-refractivity contribution in [1.29, 1.82) is 0 Å². The van der Waals surface area contributed by atoms with Crippen LogP contribution in [0.15, 0.2) is 47.6 Å². The molecule has 0 radical (unpaired) electrons. The van der Waals surface area contributed by atoms with Gasteiger partial charge in [-0.05, 0) is 24.6 Å². The van der Waals surface area contributed by atoms with Crippen LogP contribution < -0.4 is 10.5 Å². The second kappa shape index (κ2) is 6.06. The number of nitrogens with zero attached hydrogens (tertiary/aromatic N) is 1. The van der Waals surface area contributed by atoms with Gasteiger partial charge in [-0.1, -0.05) is 41.1 Å². The molecule has 2 aromatic carbocycles. The van der Waals surface area contributed by atoms with Crippen LogP contribution in [-0.2, 0) is 6.61 Å². The minimum atomic E-state index is -0.595. The summed E-state index contributed by atoms with van der Waals surface area (Å²) in [7, 11) is 0. The van der Waals surface area contributed by atoms with Crippen LogP contribution >= 0.6 is 0 Å². The highest BCUT2D eigenvalue weighted by Crippen LogP contribution is 2.22. The predicted octanol–water partition coefficient (Wildman–Crippen LogP) is 2.81. The number of hydrogen-bond acceptors (Lipinski definition) is 3. The summed E-state index contributed by atoms with van der Waals surface area (Å²) in [5, 5.41) is 11.5. The van der Waals surface area contributed by atoms with Gasteiger partial charge in [0.05, 0.1) is 5.56 Å². The van der Waals surface area contributed by atoms with E-state index in [0.29, 0.717) is 0 Å². The Balaban J connectivity index is 2.24. The minimum absolute atomic E-state index is 0.0392. The van der Waals surface area contributed by atoms with E-state index in [4.69, 9.17) is 15.7 Å². The van der Waals surface area contributed by atoms with Gasteiger partial charge in [-0.3, -0.25) is 0 Å². The van der Waals surface area contributed by atoms with Crippen LogP contribution in [0.3, 0.4) is 0 Å². The summed E-state index contributed by atoms with van der Waals surface area (Å²) >= 11 is 0. The second-order valence-electron chi connectivity index (χ2n) is 4.38. The lowest BCUT2D eigenvalue weighted by atomic mass is 10.1. The van der Waals surface area contributed by atoms with Crippen LogP contribution in [0, 0.1) is 12.7 Å². The van der Waals surface area contributed by atoms with Crippen LogP contribution in [0.4, 0.5) is 4.39 Å². The molecule has 0 aliphatic heterocycles. The van der Waals surface area contributed by atoms with Gasteiger partial charge >= 0.3 is 0 Å². The van der Waals surface area contributed by atoms with Crippen LogP contribution in [0.5, 0.6) is 5.75 Å². The average Bonchev–Trinajstić information content (AvgIpc) is 2.44. The summed E-state index contributed by atoms with van der Waals surface area (Å²) in [6.07, 6.45) is 0. The van der Waals surface area contributed by atoms with Crippen molar-refractivity contribution in [3.8, 4) is 5.75 Å². The number of amidine groups is 1. The minimum Gasteiger partial charge on any atom is -0.488 e. The van der Waals surface area contributed by atoms with E-state index in [-0.39, 0.29) is 23.8 Å². The maximum Gasteiger partial charge on any atom is 0.176 e. The highest BCUT2D eigenvalue weighted by atomic mass is 19.1. The molecule has 0 amide bonds. The van der Waals surface area contributed by atoms with Crippen molar-refractivity contribution in [3.05, 3.63) is 65.0 Å². The lowest BCUT2D eigenvalue weighted by molar-refractivity contribution is 0.301. The molecule has 0 aromatic heterocycles. The zero-order valence-electron chi connectivity index (χ0n) is 11.0. The molecule has 0 fully saturated rings. The first-order chi connectivity index (χ1) is 9.61. The first-order valence-corrected chi connectivity index (χ1v) is 6.06. The second-order valence-corrected chi connectivity index (χ2v) is 4.38. The molecule has 0 saturated heterocycles. The van der Waals surface area contributed by atoms with E-state index in [1.165, 1.54) is 12.1 Å². The monoisotopic (exact) mass is 274 g/mol. The summed E-state index contributed by atoms with van der Waals surface area (Å²) in [6, 6.07) is 12.1. The molecule has 3 N–H and O–H groups in total. The van der Waals surface area contributed by atoms with Gasteiger partial charge in [-0.25, -0.2) is 4.39 Å². The van der Waals surface area contributed by atoms with Crippen LogP contribution in [0.1, 0.15) is 16.7 Å². The predicted molar refractivity (Wildman–Crippen MR) is 74.4 cm³/mol. The van der Waals surface area contributed by atoms with Crippen molar-refractivity contribution in [2.24, 2.45) is 10.9 Å². The molecule has 0 aliphatic rings. The molecule has 2 aromatic rings. The average molecular weight is 274 g/mol. The fraction of sp³-hybridized carbons (Fsp3) is 0.133. The van der Waals surface area contributed by atoms with Gasteiger partial charge < -0.3 is 15.7 Å². The van der Waals surface area contributed by atoms with Gasteiger partial charge in [0.25, 0.3) is 0 Å². The molecular formula is C15H15FN2O2. The van der Waals surface area contributed by atoms with Crippen molar-refractivity contribution >= 4 is 5.84 Å². The first-order valence-electron chi connectivity index (χ1n) is 6.06. The lowest BCUT2D eigenvalue weighted by Crippen LogP contribution is -2.17. The van der Waals surface area contributed by atoms with E-state index in [0.717, 1.165) is 11.1 Å². The topological polar surface area (TPSA) is 67.8 Å². The van der Waals surface area contributed by atoms with Gasteiger partial charge in [0.2, 0.25) is 0 Å². The molecule has 0 bridgehead atoms. The summed E-state index contributed by atoms with van der Waals surface area (Å²) in [4.78, 5) is 0. The van der Waals surface area contributed by atoms with Gasteiger partial charge in [0.15, 0.2) is 5.84 Å². The van der Waals surface area contributed by atoms with Crippen LogP contribution in [-0.4, -0.2) is 11.0 Å².